The highest BCUT2D eigenvalue weighted by molar-refractivity contribution is 7.99. The molecule has 0 spiro atoms. The fourth-order valence-corrected chi connectivity index (χ4v) is 3.56. The minimum Gasteiger partial charge on any atom is -0.484 e. The lowest BCUT2D eigenvalue weighted by Crippen LogP contribution is -2.32. The van der Waals surface area contributed by atoms with Crippen LogP contribution in [0.5, 0.6) is 5.75 Å². The van der Waals surface area contributed by atoms with Crippen LogP contribution in [-0.2, 0) is 11.4 Å². The van der Waals surface area contributed by atoms with Crippen LogP contribution >= 0.6 is 11.8 Å². The van der Waals surface area contributed by atoms with E-state index < -0.39 is 0 Å². The molecular weight excluding hydrogens is 386 g/mol. The first-order chi connectivity index (χ1) is 14.0. The molecule has 0 atom stereocenters. The number of ether oxygens (including phenoxy) is 1. The van der Waals surface area contributed by atoms with E-state index in [0.29, 0.717) is 17.7 Å². The Balaban J connectivity index is 1.56. The number of thioether (sulfide) groups is 1. The van der Waals surface area contributed by atoms with E-state index in [1.165, 1.54) is 11.8 Å². The van der Waals surface area contributed by atoms with Gasteiger partial charge in [-0.25, -0.2) is 0 Å². The van der Waals surface area contributed by atoms with Crippen LogP contribution in [0.4, 0.5) is 5.69 Å². The maximum atomic E-state index is 12.7. The molecule has 1 aromatic heterocycles. The first kappa shape index (κ1) is 20.9. The summed E-state index contributed by atoms with van der Waals surface area (Å²) in [6, 6.07) is 13.9. The number of aryl methyl sites for hydroxylation is 3. The Morgan fingerprint density at radius 1 is 1.10 bits per heavy atom. The van der Waals surface area contributed by atoms with Crippen LogP contribution in [-0.4, -0.2) is 28.4 Å². The maximum absolute atomic E-state index is 12.7. The third kappa shape index (κ3) is 5.38. The van der Waals surface area contributed by atoms with Crippen LogP contribution in [0.1, 0.15) is 29.5 Å². The fraction of sp³-hybridized carbons (Fsp3) is 0.318. The highest BCUT2D eigenvalue weighted by atomic mass is 32.2. The molecule has 3 aromatic rings. The molecule has 0 aliphatic heterocycles. The number of hydrogen-bond acceptors (Lipinski definition) is 6. The number of rotatable bonds is 8. The average Bonchev–Trinajstić information content (AvgIpc) is 3.17. The molecule has 6 nitrogen and oxygen atoms in total. The van der Waals surface area contributed by atoms with E-state index in [4.69, 9.17) is 9.15 Å². The van der Waals surface area contributed by atoms with Crippen LogP contribution in [0.2, 0.25) is 0 Å². The zero-order valence-electron chi connectivity index (χ0n) is 17.1. The predicted octanol–water partition coefficient (Wildman–Crippen LogP) is 4.72. The molecule has 0 fully saturated rings. The molecule has 0 N–H and O–H groups in total. The van der Waals surface area contributed by atoms with Gasteiger partial charge in [0.25, 0.3) is 11.1 Å². The smallest absolute Gasteiger partial charge is 0.277 e. The van der Waals surface area contributed by atoms with Crippen molar-refractivity contribution in [3.05, 3.63) is 65.0 Å². The zero-order chi connectivity index (χ0) is 20.8. The number of amides is 1. The Kier molecular flexibility index (Phi) is 6.93. The molecule has 2 aromatic carbocycles. The number of hydrogen-bond donors (Lipinski definition) is 0. The summed E-state index contributed by atoms with van der Waals surface area (Å²) in [5, 5.41) is 8.38. The molecule has 1 amide bonds. The highest BCUT2D eigenvalue weighted by Gasteiger charge is 2.17. The Bertz CT molecular complexity index is 987. The van der Waals surface area contributed by atoms with E-state index in [9.17, 15) is 4.79 Å². The van der Waals surface area contributed by atoms with Gasteiger partial charge in [-0.15, -0.1) is 10.2 Å². The van der Waals surface area contributed by atoms with Gasteiger partial charge in [-0.05, 0) is 56.5 Å². The lowest BCUT2D eigenvalue weighted by Gasteiger charge is -2.22. The van der Waals surface area contributed by atoms with E-state index in [-0.39, 0.29) is 18.3 Å². The lowest BCUT2D eigenvalue weighted by atomic mass is 10.1. The predicted molar refractivity (Wildman–Crippen MR) is 114 cm³/mol. The average molecular weight is 412 g/mol. The van der Waals surface area contributed by atoms with Crippen molar-refractivity contribution in [2.45, 2.75) is 39.5 Å². The highest BCUT2D eigenvalue weighted by Crippen LogP contribution is 2.24. The number of para-hydroxylation sites is 1. The van der Waals surface area contributed by atoms with E-state index in [1.807, 2.05) is 70.2 Å². The summed E-state index contributed by atoms with van der Waals surface area (Å²) >= 11 is 1.23. The molecule has 7 heteroatoms. The number of nitrogens with zero attached hydrogens (tertiary/aromatic N) is 3. The van der Waals surface area contributed by atoms with Gasteiger partial charge in [-0.3, -0.25) is 4.79 Å². The second kappa shape index (κ2) is 9.60. The molecule has 29 heavy (non-hydrogen) atoms. The van der Waals surface area contributed by atoms with Crippen molar-refractivity contribution >= 4 is 23.4 Å². The number of aromatic nitrogens is 2. The minimum absolute atomic E-state index is 0.00168. The summed E-state index contributed by atoms with van der Waals surface area (Å²) in [4.78, 5) is 14.4. The van der Waals surface area contributed by atoms with Crippen LogP contribution < -0.4 is 9.64 Å². The number of carbonyl (C=O) groups excluding carboxylic acids is 1. The molecule has 0 bridgehead atoms. The third-order valence-corrected chi connectivity index (χ3v) is 5.29. The summed E-state index contributed by atoms with van der Waals surface area (Å²) in [5.41, 5.74) is 4.16. The summed E-state index contributed by atoms with van der Waals surface area (Å²) in [6.45, 7) is 8.76. The Morgan fingerprint density at radius 2 is 1.90 bits per heavy atom. The number of benzene rings is 2. The largest absolute Gasteiger partial charge is 0.484 e. The minimum atomic E-state index is -0.00168. The van der Waals surface area contributed by atoms with Gasteiger partial charge in [0.1, 0.15) is 5.75 Å². The van der Waals surface area contributed by atoms with E-state index in [2.05, 4.69) is 10.2 Å². The molecule has 0 aliphatic carbocycles. The van der Waals surface area contributed by atoms with E-state index in [1.54, 1.807) is 4.90 Å². The molecule has 152 valence electrons. The van der Waals surface area contributed by atoms with E-state index >= 15 is 0 Å². The second-order valence-corrected chi connectivity index (χ2v) is 7.66. The topological polar surface area (TPSA) is 68.5 Å². The van der Waals surface area contributed by atoms with Gasteiger partial charge in [0.05, 0.1) is 5.75 Å². The van der Waals surface area contributed by atoms with Gasteiger partial charge in [0.2, 0.25) is 5.91 Å². The SMILES string of the molecule is CCN(C(=O)CSc1nnc(COc2cc(C)ccc2C)o1)c1ccccc1C. The van der Waals surface area contributed by atoms with Crippen molar-refractivity contribution in [3.63, 3.8) is 0 Å². The van der Waals surface area contributed by atoms with Crippen LogP contribution in [0.3, 0.4) is 0 Å². The molecule has 0 radical (unpaired) electrons. The first-order valence-corrected chi connectivity index (χ1v) is 10.5. The van der Waals surface area contributed by atoms with Crippen molar-refractivity contribution in [3.8, 4) is 5.75 Å². The van der Waals surface area contributed by atoms with Gasteiger partial charge in [-0.2, -0.15) is 0 Å². The van der Waals surface area contributed by atoms with Crippen LogP contribution in [0, 0.1) is 20.8 Å². The summed E-state index contributed by atoms with van der Waals surface area (Å²) in [5.74, 6) is 1.40. The quantitative estimate of drug-likeness (QED) is 0.500. The number of anilines is 1. The third-order valence-electron chi connectivity index (χ3n) is 4.49. The Labute approximate surface area is 175 Å². The first-order valence-electron chi connectivity index (χ1n) is 9.49. The Morgan fingerprint density at radius 3 is 2.66 bits per heavy atom. The normalized spacial score (nSPS) is 10.8. The van der Waals surface area contributed by atoms with Gasteiger partial charge >= 0.3 is 0 Å². The zero-order valence-corrected chi connectivity index (χ0v) is 18.0. The molecular formula is C22H25N3O3S. The van der Waals surface area contributed by atoms with Crippen LogP contribution in [0.25, 0.3) is 0 Å². The Hall–Kier alpha value is -2.80. The summed E-state index contributed by atoms with van der Waals surface area (Å²) < 4.78 is 11.4. The number of carbonyl (C=O) groups is 1. The van der Waals surface area contributed by atoms with Crippen molar-refractivity contribution in [1.29, 1.82) is 0 Å². The van der Waals surface area contributed by atoms with Crippen molar-refractivity contribution in [2.24, 2.45) is 0 Å². The van der Waals surface area contributed by atoms with Crippen molar-refractivity contribution < 1.29 is 13.9 Å². The fourth-order valence-electron chi connectivity index (χ4n) is 2.91. The lowest BCUT2D eigenvalue weighted by molar-refractivity contribution is -0.116. The molecule has 0 unspecified atom stereocenters. The second-order valence-electron chi connectivity index (χ2n) is 6.73. The summed E-state index contributed by atoms with van der Waals surface area (Å²) in [6.07, 6.45) is 0. The monoisotopic (exact) mass is 411 g/mol. The van der Waals surface area contributed by atoms with Gasteiger partial charge < -0.3 is 14.1 Å². The van der Waals surface area contributed by atoms with Gasteiger partial charge in [0, 0.05) is 12.2 Å². The molecule has 0 saturated carbocycles. The summed E-state index contributed by atoms with van der Waals surface area (Å²) in [7, 11) is 0. The molecule has 0 saturated heterocycles. The molecule has 1 heterocycles. The molecule has 0 aliphatic rings. The molecule has 3 rings (SSSR count). The van der Waals surface area contributed by atoms with Crippen LogP contribution in [0.15, 0.2) is 52.1 Å². The van der Waals surface area contributed by atoms with Crippen molar-refractivity contribution in [2.75, 3.05) is 17.2 Å². The van der Waals surface area contributed by atoms with Gasteiger partial charge in [-0.1, -0.05) is 42.1 Å². The standard InChI is InChI=1S/C22H25N3O3S/c1-5-25(18-9-7-6-8-16(18)3)21(26)14-29-22-24-23-20(28-22)13-27-19-12-15(2)10-11-17(19)4/h6-12H,5,13-14H2,1-4H3. The van der Waals surface area contributed by atoms with E-state index in [0.717, 1.165) is 28.1 Å². The van der Waals surface area contributed by atoms with Crippen molar-refractivity contribution in [1.82, 2.24) is 10.2 Å². The maximum Gasteiger partial charge on any atom is 0.277 e. The van der Waals surface area contributed by atoms with Gasteiger partial charge in [0.15, 0.2) is 6.61 Å².